The van der Waals surface area contributed by atoms with Crippen molar-refractivity contribution in [3.05, 3.63) is 36.0 Å². The Morgan fingerprint density at radius 1 is 1.35 bits per heavy atom. The number of nitrogens with zero attached hydrogens (tertiary/aromatic N) is 6. The number of rotatable bonds is 4. The summed E-state index contributed by atoms with van der Waals surface area (Å²) in [5.41, 5.74) is 6.47. The first-order valence-corrected chi connectivity index (χ1v) is 5.88. The van der Waals surface area contributed by atoms with Crippen molar-refractivity contribution in [1.82, 2.24) is 29.9 Å². The molecule has 0 saturated carbocycles. The zero-order valence-electron chi connectivity index (χ0n) is 10.7. The van der Waals surface area contributed by atoms with Crippen molar-refractivity contribution in [2.45, 2.75) is 13.5 Å². The van der Waals surface area contributed by atoms with Crippen LogP contribution in [0.15, 0.2) is 29.0 Å². The maximum Gasteiger partial charge on any atom is 0.257 e. The lowest BCUT2D eigenvalue weighted by Gasteiger charge is -2.05. The average Bonchev–Trinajstić information content (AvgIpc) is 3.07. The Morgan fingerprint density at radius 2 is 2.25 bits per heavy atom. The summed E-state index contributed by atoms with van der Waals surface area (Å²) < 4.78 is 6.59. The molecule has 0 fully saturated rings. The monoisotopic (exact) mass is 272 g/mol. The van der Waals surface area contributed by atoms with Crippen LogP contribution in [0.2, 0.25) is 0 Å². The Morgan fingerprint density at radius 3 is 2.95 bits per heavy atom. The molecule has 0 amide bonds. The fraction of sp³-hybridized carbons (Fsp3) is 0.182. The Hall–Kier alpha value is -2.97. The molecule has 3 rings (SSSR count). The van der Waals surface area contributed by atoms with E-state index in [4.69, 9.17) is 10.3 Å². The minimum Gasteiger partial charge on any atom is -0.368 e. The molecule has 0 aliphatic rings. The van der Waals surface area contributed by atoms with E-state index in [1.54, 1.807) is 18.5 Å². The highest BCUT2D eigenvalue weighted by Gasteiger charge is 2.07. The van der Waals surface area contributed by atoms with Crippen molar-refractivity contribution in [1.29, 1.82) is 0 Å². The van der Waals surface area contributed by atoms with Crippen molar-refractivity contribution < 1.29 is 4.52 Å². The summed E-state index contributed by atoms with van der Waals surface area (Å²) in [7, 11) is 0. The number of anilines is 2. The number of nitrogens with one attached hydrogen (secondary N) is 1. The van der Waals surface area contributed by atoms with Crippen LogP contribution < -0.4 is 11.1 Å². The molecule has 0 spiro atoms. The third kappa shape index (κ3) is 2.55. The second-order valence-corrected chi connectivity index (χ2v) is 4.06. The normalized spacial score (nSPS) is 10.7. The molecule has 0 saturated heterocycles. The highest BCUT2D eigenvalue weighted by Crippen LogP contribution is 2.09. The first-order valence-electron chi connectivity index (χ1n) is 5.88. The fourth-order valence-electron chi connectivity index (χ4n) is 1.62. The maximum atomic E-state index is 5.66. The minimum absolute atomic E-state index is 0.113. The van der Waals surface area contributed by atoms with Gasteiger partial charge in [0.25, 0.3) is 5.95 Å². The summed E-state index contributed by atoms with van der Waals surface area (Å²) in [5, 5.41) is 10.8. The summed E-state index contributed by atoms with van der Waals surface area (Å²) >= 11 is 0. The molecule has 0 aromatic carbocycles. The van der Waals surface area contributed by atoms with Crippen LogP contribution >= 0.6 is 0 Å². The van der Waals surface area contributed by atoms with Crippen molar-refractivity contribution in [2.75, 3.05) is 11.1 Å². The topological polar surface area (TPSA) is 121 Å². The number of aromatic nitrogens is 6. The van der Waals surface area contributed by atoms with E-state index in [2.05, 4.69) is 30.5 Å². The lowest BCUT2D eigenvalue weighted by Crippen LogP contribution is -2.11. The van der Waals surface area contributed by atoms with E-state index in [9.17, 15) is 0 Å². The number of nitrogens with two attached hydrogens (primary N) is 1. The molecule has 20 heavy (non-hydrogen) atoms. The first-order chi connectivity index (χ1) is 9.70. The van der Waals surface area contributed by atoms with Gasteiger partial charge in [-0.15, -0.1) is 0 Å². The van der Waals surface area contributed by atoms with Crippen molar-refractivity contribution in [3.8, 4) is 5.95 Å². The smallest absolute Gasteiger partial charge is 0.257 e. The van der Waals surface area contributed by atoms with E-state index >= 15 is 0 Å². The minimum atomic E-state index is 0.113. The molecule has 0 atom stereocenters. The van der Waals surface area contributed by atoms with E-state index in [1.165, 1.54) is 4.68 Å². The largest absolute Gasteiger partial charge is 0.368 e. The number of nitrogen functional groups attached to an aromatic ring is 1. The van der Waals surface area contributed by atoms with Crippen molar-refractivity contribution >= 4 is 11.9 Å². The highest BCUT2D eigenvalue weighted by atomic mass is 16.5. The molecule has 3 heterocycles. The third-order valence-corrected chi connectivity index (χ3v) is 2.45. The second kappa shape index (κ2) is 4.96. The first kappa shape index (κ1) is 12.1. The van der Waals surface area contributed by atoms with Gasteiger partial charge in [0, 0.05) is 18.5 Å². The van der Waals surface area contributed by atoms with E-state index < -0.39 is 0 Å². The summed E-state index contributed by atoms with van der Waals surface area (Å²) in [6.45, 7) is 2.26. The van der Waals surface area contributed by atoms with E-state index in [0.29, 0.717) is 24.2 Å². The Bertz CT molecular complexity index is 705. The second-order valence-electron chi connectivity index (χ2n) is 4.06. The van der Waals surface area contributed by atoms with Crippen LogP contribution in [0, 0.1) is 6.92 Å². The van der Waals surface area contributed by atoms with Gasteiger partial charge < -0.3 is 15.6 Å². The number of hydrogen-bond donors (Lipinski definition) is 2. The Labute approximate surface area is 113 Å². The Kier molecular flexibility index (Phi) is 2.99. The molecule has 9 nitrogen and oxygen atoms in total. The van der Waals surface area contributed by atoms with Crippen molar-refractivity contribution in [2.24, 2.45) is 0 Å². The van der Waals surface area contributed by atoms with Gasteiger partial charge in [0.15, 0.2) is 5.76 Å². The van der Waals surface area contributed by atoms with Gasteiger partial charge in [0.05, 0.1) is 12.2 Å². The summed E-state index contributed by atoms with van der Waals surface area (Å²) in [4.78, 5) is 12.2. The van der Waals surface area contributed by atoms with Gasteiger partial charge in [-0.1, -0.05) is 5.16 Å². The maximum absolute atomic E-state index is 5.66. The molecule has 3 aromatic rings. The standard InChI is InChI=1S/C11H12N8O/c1-7-5-8(20-18-7)6-13-10-15-9(12)16-11(17-10)19-4-2-3-14-19/h2-5H,6H2,1H3,(H3,12,13,15,16,17). The van der Waals surface area contributed by atoms with Gasteiger partial charge in [0.1, 0.15) is 0 Å². The predicted octanol–water partition coefficient (Wildman–Crippen LogP) is 0.548. The molecule has 3 aromatic heterocycles. The van der Waals surface area contributed by atoms with E-state index in [-0.39, 0.29) is 5.95 Å². The number of hydrogen-bond acceptors (Lipinski definition) is 8. The molecular weight excluding hydrogens is 260 g/mol. The molecule has 9 heteroatoms. The van der Waals surface area contributed by atoms with Crippen LogP contribution in [0.1, 0.15) is 11.5 Å². The SMILES string of the molecule is Cc1cc(CNc2nc(N)nc(-n3cccn3)n2)on1. The lowest BCUT2D eigenvalue weighted by atomic mass is 10.4. The van der Waals surface area contributed by atoms with Crippen LogP contribution in [0.5, 0.6) is 0 Å². The third-order valence-electron chi connectivity index (χ3n) is 2.45. The van der Waals surface area contributed by atoms with Crippen LogP contribution in [0.3, 0.4) is 0 Å². The molecule has 0 aliphatic carbocycles. The van der Waals surface area contributed by atoms with Crippen LogP contribution in [-0.2, 0) is 6.54 Å². The number of aryl methyl sites for hydroxylation is 1. The van der Waals surface area contributed by atoms with Gasteiger partial charge in [-0.2, -0.15) is 20.1 Å². The van der Waals surface area contributed by atoms with Gasteiger partial charge >= 0.3 is 0 Å². The molecule has 0 radical (unpaired) electrons. The van der Waals surface area contributed by atoms with E-state index in [0.717, 1.165) is 5.69 Å². The molecule has 3 N–H and O–H groups in total. The van der Waals surface area contributed by atoms with Gasteiger partial charge in [-0.05, 0) is 13.0 Å². The molecule has 0 aliphatic heterocycles. The van der Waals surface area contributed by atoms with Gasteiger partial charge in [-0.3, -0.25) is 0 Å². The molecule has 102 valence electrons. The van der Waals surface area contributed by atoms with Crippen LogP contribution in [0.4, 0.5) is 11.9 Å². The lowest BCUT2D eigenvalue weighted by molar-refractivity contribution is 0.384. The van der Waals surface area contributed by atoms with Gasteiger partial charge in [-0.25, -0.2) is 4.68 Å². The summed E-state index contributed by atoms with van der Waals surface area (Å²) in [5.74, 6) is 1.49. The molecule has 0 unspecified atom stereocenters. The van der Waals surface area contributed by atoms with Crippen LogP contribution in [-0.4, -0.2) is 29.9 Å². The molecular formula is C11H12N8O. The summed E-state index contributed by atoms with van der Waals surface area (Å²) in [6.07, 6.45) is 3.35. The zero-order valence-corrected chi connectivity index (χ0v) is 10.7. The molecule has 0 bridgehead atoms. The summed E-state index contributed by atoms with van der Waals surface area (Å²) in [6, 6.07) is 3.59. The average molecular weight is 272 g/mol. The quantitative estimate of drug-likeness (QED) is 0.706. The predicted molar refractivity (Wildman–Crippen MR) is 69.9 cm³/mol. The zero-order chi connectivity index (χ0) is 13.9. The van der Waals surface area contributed by atoms with Gasteiger partial charge in [0.2, 0.25) is 11.9 Å². The van der Waals surface area contributed by atoms with Crippen LogP contribution in [0.25, 0.3) is 5.95 Å². The van der Waals surface area contributed by atoms with E-state index in [1.807, 2.05) is 13.0 Å². The van der Waals surface area contributed by atoms with Crippen molar-refractivity contribution in [3.63, 3.8) is 0 Å². The Balaban J connectivity index is 1.79. The highest BCUT2D eigenvalue weighted by molar-refractivity contribution is 5.35. The fourth-order valence-corrected chi connectivity index (χ4v) is 1.62.